The lowest BCUT2D eigenvalue weighted by Crippen LogP contribution is -2.48. The molecule has 5 heteroatoms. The molecule has 0 saturated heterocycles. The van der Waals surface area contributed by atoms with Crippen LogP contribution in [-0.2, 0) is 0 Å². The van der Waals surface area contributed by atoms with Crippen LogP contribution in [-0.4, -0.2) is 21.5 Å². The van der Waals surface area contributed by atoms with Gasteiger partial charge in [0.2, 0.25) is 0 Å². The zero-order valence-electron chi connectivity index (χ0n) is 10.0. The Hall–Kier alpha value is -2.09. The van der Waals surface area contributed by atoms with Crippen molar-refractivity contribution in [3.8, 4) is 11.8 Å². The van der Waals surface area contributed by atoms with Gasteiger partial charge in [-0.15, -0.1) is 0 Å². The molecule has 0 spiro atoms. The van der Waals surface area contributed by atoms with E-state index in [0.717, 1.165) is 19.3 Å². The molecule has 0 aliphatic heterocycles. The van der Waals surface area contributed by atoms with Crippen molar-refractivity contribution in [1.82, 2.24) is 10.3 Å². The summed E-state index contributed by atoms with van der Waals surface area (Å²) in [6.07, 6.45) is 6.97. The highest BCUT2D eigenvalue weighted by Gasteiger charge is 2.34. The molecule has 0 unspecified atom stereocenters. The SMILES string of the molecule is N#CC1(NC(=O)c2ccncc2O)CCCCC1. The van der Waals surface area contributed by atoms with Crippen molar-refractivity contribution >= 4 is 5.91 Å². The third kappa shape index (κ3) is 2.43. The normalized spacial score (nSPS) is 17.7. The van der Waals surface area contributed by atoms with Gasteiger partial charge in [-0.25, -0.2) is 0 Å². The number of carbonyl (C=O) groups is 1. The number of aromatic hydroxyl groups is 1. The quantitative estimate of drug-likeness (QED) is 0.831. The standard InChI is InChI=1S/C13H15N3O2/c14-9-13(5-2-1-3-6-13)16-12(18)10-4-7-15-8-11(10)17/h4,7-8,17H,1-3,5-6H2,(H,16,18). The van der Waals surface area contributed by atoms with Crippen LogP contribution in [0.5, 0.6) is 5.75 Å². The first-order valence-electron chi connectivity index (χ1n) is 6.04. The van der Waals surface area contributed by atoms with Gasteiger partial charge in [0.1, 0.15) is 11.3 Å². The van der Waals surface area contributed by atoms with Crippen LogP contribution in [0.4, 0.5) is 0 Å². The average Bonchev–Trinajstić information content (AvgIpc) is 2.40. The fourth-order valence-corrected chi connectivity index (χ4v) is 2.28. The first-order chi connectivity index (χ1) is 8.67. The summed E-state index contributed by atoms with van der Waals surface area (Å²) < 4.78 is 0. The van der Waals surface area contributed by atoms with E-state index in [-0.39, 0.29) is 11.3 Å². The largest absolute Gasteiger partial charge is 0.505 e. The van der Waals surface area contributed by atoms with E-state index in [1.807, 2.05) is 0 Å². The highest BCUT2D eigenvalue weighted by Crippen LogP contribution is 2.28. The van der Waals surface area contributed by atoms with Gasteiger partial charge in [0.15, 0.2) is 0 Å². The van der Waals surface area contributed by atoms with Crippen molar-refractivity contribution in [1.29, 1.82) is 5.26 Å². The Labute approximate surface area is 105 Å². The Morgan fingerprint density at radius 2 is 2.17 bits per heavy atom. The molecule has 1 heterocycles. The molecule has 0 bridgehead atoms. The van der Waals surface area contributed by atoms with Crippen molar-refractivity contribution in [3.63, 3.8) is 0 Å². The Morgan fingerprint density at radius 1 is 1.44 bits per heavy atom. The molecular weight excluding hydrogens is 230 g/mol. The van der Waals surface area contributed by atoms with E-state index >= 15 is 0 Å². The minimum Gasteiger partial charge on any atom is -0.505 e. The van der Waals surface area contributed by atoms with Crippen LogP contribution in [0, 0.1) is 11.3 Å². The highest BCUT2D eigenvalue weighted by molar-refractivity contribution is 5.97. The summed E-state index contributed by atoms with van der Waals surface area (Å²) >= 11 is 0. The maximum Gasteiger partial charge on any atom is 0.256 e. The number of nitriles is 1. The van der Waals surface area contributed by atoms with E-state index in [9.17, 15) is 15.2 Å². The molecule has 1 saturated carbocycles. The van der Waals surface area contributed by atoms with Gasteiger partial charge in [-0.1, -0.05) is 19.3 Å². The van der Waals surface area contributed by atoms with Gasteiger partial charge in [-0.3, -0.25) is 9.78 Å². The number of carbonyl (C=O) groups excluding carboxylic acids is 1. The molecule has 1 aromatic rings. The molecule has 0 atom stereocenters. The number of amides is 1. The van der Waals surface area contributed by atoms with Gasteiger partial charge in [-0.05, 0) is 18.9 Å². The molecule has 18 heavy (non-hydrogen) atoms. The summed E-state index contributed by atoms with van der Waals surface area (Å²) in [5.74, 6) is -0.586. The minimum absolute atomic E-state index is 0.158. The lowest BCUT2D eigenvalue weighted by Gasteiger charge is -2.31. The van der Waals surface area contributed by atoms with Gasteiger partial charge in [0.05, 0.1) is 17.8 Å². The number of aromatic nitrogens is 1. The van der Waals surface area contributed by atoms with Gasteiger partial charge in [-0.2, -0.15) is 5.26 Å². The molecule has 94 valence electrons. The molecule has 1 aromatic heterocycles. The smallest absolute Gasteiger partial charge is 0.256 e. The molecular formula is C13H15N3O2. The first kappa shape index (κ1) is 12.4. The van der Waals surface area contributed by atoms with E-state index in [4.69, 9.17) is 0 Å². The average molecular weight is 245 g/mol. The van der Waals surface area contributed by atoms with Crippen LogP contribution in [0.2, 0.25) is 0 Å². The Morgan fingerprint density at radius 3 is 2.78 bits per heavy atom. The van der Waals surface area contributed by atoms with Crippen molar-refractivity contribution < 1.29 is 9.90 Å². The predicted octanol–water partition coefficient (Wildman–Crippen LogP) is 1.74. The second-order valence-corrected chi connectivity index (χ2v) is 4.60. The number of pyridine rings is 1. The van der Waals surface area contributed by atoms with Gasteiger partial charge in [0.25, 0.3) is 5.91 Å². The van der Waals surface area contributed by atoms with Crippen LogP contribution >= 0.6 is 0 Å². The van der Waals surface area contributed by atoms with Crippen molar-refractivity contribution in [3.05, 3.63) is 24.0 Å². The Bertz CT molecular complexity index is 487. The number of hydrogen-bond acceptors (Lipinski definition) is 4. The van der Waals surface area contributed by atoms with Crippen molar-refractivity contribution in [2.45, 2.75) is 37.6 Å². The number of nitrogens with one attached hydrogen (secondary N) is 1. The van der Waals surface area contributed by atoms with E-state index in [1.54, 1.807) is 0 Å². The predicted molar refractivity (Wildman–Crippen MR) is 64.8 cm³/mol. The summed E-state index contributed by atoms with van der Waals surface area (Å²) in [5, 5.41) is 21.6. The molecule has 2 N–H and O–H groups in total. The van der Waals surface area contributed by atoms with Crippen LogP contribution in [0.1, 0.15) is 42.5 Å². The van der Waals surface area contributed by atoms with Crippen molar-refractivity contribution in [2.24, 2.45) is 0 Å². The molecule has 1 aliphatic rings. The van der Waals surface area contributed by atoms with Crippen LogP contribution in [0.3, 0.4) is 0 Å². The third-order valence-corrected chi connectivity index (χ3v) is 3.32. The van der Waals surface area contributed by atoms with Crippen LogP contribution < -0.4 is 5.32 Å². The molecule has 2 rings (SSSR count). The summed E-state index contributed by atoms with van der Waals surface area (Å²) in [6, 6.07) is 3.65. The van der Waals surface area contributed by atoms with Gasteiger partial charge in [0, 0.05) is 6.20 Å². The topological polar surface area (TPSA) is 86.0 Å². The lowest BCUT2D eigenvalue weighted by atomic mass is 9.82. The zero-order chi connectivity index (χ0) is 13.0. The maximum atomic E-state index is 12.0. The first-order valence-corrected chi connectivity index (χ1v) is 6.04. The summed E-state index contributed by atoms with van der Waals surface area (Å²) in [4.78, 5) is 15.8. The maximum absolute atomic E-state index is 12.0. The second kappa shape index (κ2) is 5.05. The minimum atomic E-state index is -0.787. The Kier molecular flexibility index (Phi) is 3.47. The van der Waals surface area contributed by atoms with Gasteiger partial charge >= 0.3 is 0 Å². The van der Waals surface area contributed by atoms with Gasteiger partial charge < -0.3 is 10.4 Å². The second-order valence-electron chi connectivity index (χ2n) is 4.60. The monoisotopic (exact) mass is 245 g/mol. The molecule has 1 aliphatic carbocycles. The number of nitrogens with zero attached hydrogens (tertiary/aromatic N) is 2. The van der Waals surface area contributed by atoms with E-state index in [2.05, 4.69) is 16.4 Å². The van der Waals surface area contributed by atoms with Crippen LogP contribution in [0.25, 0.3) is 0 Å². The summed E-state index contributed by atoms with van der Waals surface area (Å²) in [6.45, 7) is 0. The fraction of sp³-hybridized carbons (Fsp3) is 0.462. The molecule has 1 fully saturated rings. The fourth-order valence-electron chi connectivity index (χ4n) is 2.28. The highest BCUT2D eigenvalue weighted by atomic mass is 16.3. The summed E-state index contributed by atoms with van der Waals surface area (Å²) in [5.41, 5.74) is -0.629. The molecule has 1 amide bonds. The zero-order valence-corrected chi connectivity index (χ0v) is 10.0. The Balaban J connectivity index is 2.16. The third-order valence-electron chi connectivity index (χ3n) is 3.32. The molecule has 5 nitrogen and oxygen atoms in total. The van der Waals surface area contributed by atoms with E-state index < -0.39 is 11.4 Å². The van der Waals surface area contributed by atoms with Crippen LogP contribution in [0.15, 0.2) is 18.5 Å². The molecule has 0 aromatic carbocycles. The number of rotatable bonds is 2. The van der Waals surface area contributed by atoms with E-state index in [1.165, 1.54) is 18.5 Å². The summed E-state index contributed by atoms with van der Waals surface area (Å²) in [7, 11) is 0. The number of hydrogen-bond donors (Lipinski definition) is 2. The lowest BCUT2D eigenvalue weighted by molar-refractivity contribution is 0.0900. The van der Waals surface area contributed by atoms with Crippen molar-refractivity contribution in [2.75, 3.05) is 0 Å². The van der Waals surface area contributed by atoms with E-state index in [0.29, 0.717) is 12.8 Å². The molecule has 0 radical (unpaired) electrons.